The third-order valence-corrected chi connectivity index (χ3v) is 4.48. The molecule has 1 aliphatic rings. The molecule has 0 spiro atoms. The van der Waals surface area contributed by atoms with Gasteiger partial charge in [0.2, 0.25) is 0 Å². The molecule has 4 heterocycles. The van der Waals surface area contributed by atoms with Crippen molar-refractivity contribution in [2.24, 2.45) is 0 Å². The van der Waals surface area contributed by atoms with Crippen LogP contribution in [-0.2, 0) is 4.74 Å². The minimum absolute atomic E-state index is 0.406. The monoisotopic (exact) mass is 343 g/mol. The van der Waals surface area contributed by atoms with E-state index in [0.29, 0.717) is 16.9 Å². The Morgan fingerprint density at radius 3 is 2.84 bits per heavy atom. The molecule has 4 rings (SSSR count). The van der Waals surface area contributed by atoms with Crippen molar-refractivity contribution in [2.45, 2.75) is 31.0 Å². The van der Waals surface area contributed by atoms with Crippen molar-refractivity contribution >= 4 is 11.2 Å². The number of hydrogen-bond acceptors (Lipinski definition) is 8. The average Bonchev–Trinajstić information content (AvgIpc) is 3.15. The fourth-order valence-electron chi connectivity index (χ4n) is 3.13. The second-order valence-corrected chi connectivity index (χ2v) is 6.17. The van der Waals surface area contributed by atoms with Crippen molar-refractivity contribution in [3.8, 4) is 11.3 Å². The summed E-state index contributed by atoms with van der Waals surface area (Å²) in [5.74, 6) is 0. The molecule has 3 aromatic heterocycles. The lowest BCUT2D eigenvalue weighted by Crippen LogP contribution is -2.44. The number of fused-ring (bicyclic) bond motifs is 1. The lowest BCUT2D eigenvalue weighted by Gasteiger charge is -2.27. The summed E-state index contributed by atoms with van der Waals surface area (Å²) in [7, 11) is 0. The van der Waals surface area contributed by atoms with E-state index >= 15 is 0 Å². The molecule has 25 heavy (non-hydrogen) atoms. The smallest absolute Gasteiger partial charge is 0.168 e. The highest BCUT2D eigenvalue weighted by atomic mass is 16.6. The second-order valence-electron chi connectivity index (χ2n) is 6.17. The van der Waals surface area contributed by atoms with Crippen LogP contribution in [0.15, 0.2) is 37.2 Å². The maximum absolute atomic E-state index is 10.7. The van der Waals surface area contributed by atoms with Crippen LogP contribution in [0.2, 0.25) is 0 Å². The van der Waals surface area contributed by atoms with Crippen LogP contribution in [0.5, 0.6) is 0 Å². The van der Waals surface area contributed by atoms with Gasteiger partial charge < -0.3 is 20.1 Å². The standard InChI is InChI=1S/C16H17N5O4/c1-16(24)13(23)10(6-22)25-15(16)21-8-20-12-11(18-7-19-14(12)21)9-3-2-4-17-5-9/h2-5,7-8,10,13,15,22-24H,6H2,1H3/t10?,13?,15?,16-/m1/s1. The maximum atomic E-state index is 10.7. The largest absolute Gasteiger partial charge is 0.394 e. The second kappa shape index (κ2) is 5.81. The molecule has 3 unspecified atom stereocenters. The molecule has 130 valence electrons. The van der Waals surface area contributed by atoms with Crippen LogP contribution in [0.25, 0.3) is 22.4 Å². The first kappa shape index (κ1) is 16.0. The summed E-state index contributed by atoms with van der Waals surface area (Å²) in [6.07, 6.45) is 3.14. The molecular formula is C16H17N5O4. The lowest BCUT2D eigenvalue weighted by atomic mass is 9.96. The number of imidazole rings is 1. The number of nitrogens with zero attached hydrogens (tertiary/aromatic N) is 5. The zero-order valence-electron chi connectivity index (χ0n) is 13.4. The highest BCUT2D eigenvalue weighted by Crippen LogP contribution is 2.39. The molecule has 9 heteroatoms. The van der Waals surface area contributed by atoms with Crippen molar-refractivity contribution in [2.75, 3.05) is 6.61 Å². The van der Waals surface area contributed by atoms with Crippen molar-refractivity contribution in [3.63, 3.8) is 0 Å². The molecule has 1 aliphatic heterocycles. The summed E-state index contributed by atoms with van der Waals surface area (Å²) in [6, 6.07) is 3.66. The molecule has 0 amide bonds. The summed E-state index contributed by atoms with van der Waals surface area (Å²) in [5.41, 5.74) is 0.753. The highest BCUT2D eigenvalue weighted by molar-refractivity contribution is 5.86. The van der Waals surface area contributed by atoms with Crippen LogP contribution in [0.4, 0.5) is 0 Å². The minimum Gasteiger partial charge on any atom is -0.394 e. The van der Waals surface area contributed by atoms with Crippen molar-refractivity contribution < 1.29 is 20.1 Å². The molecule has 0 saturated carbocycles. The first-order valence-electron chi connectivity index (χ1n) is 7.78. The quantitative estimate of drug-likeness (QED) is 0.601. The van der Waals surface area contributed by atoms with E-state index in [9.17, 15) is 15.3 Å². The van der Waals surface area contributed by atoms with Crippen molar-refractivity contribution in [3.05, 3.63) is 37.2 Å². The predicted octanol–water partition coefficient (Wildman–Crippen LogP) is -0.110. The molecule has 0 aliphatic carbocycles. The Morgan fingerprint density at radius 2 is 2.16 bits per heavy atom. The van der Waals surface area contributed by atoms with Gasteiger partial charge in [-0.25, -0.2) is 15.0 Å². The number of rotatable bonds is 3. The van der Waals surface area contributed by atoms with Gasteiger partial charge in [-0.15, -0.1) is 0 Å². The van der Waals surface area contributed by atoms with Crippen LogP contribution >= 0.6 is 0 Å². The topological polar surface area (TPSA) is 126 Å². The first-order valence-corrected chi connectivity index (χ1v) is 7.78. The van der Waals surface area contributed by atoms with Gasteiger partial charge in [0.25, 0.3) is 0 Å². The van der Waals surface area contributed by atoms with Gasteiger partial charge in [-0.2, -0.15) is 0 Å². The molecule has 0 radical (unpaired) electrons. The molecule has 0 bridgehead atoms. The van der Waals surface area contributed by atoms with Gasteiger partial charge in [0, 0.05) is 18.0 Å². The van der Waals surface area contributed by atoms with Gasteiger partial charge >= 0.3 is 0 Å². The SMILES string of the molecule is C[C@@]1(O)C(O)C(CO)OC1n1cnc2c(-c3cccnc3)ncnc21. The van der Waals surface area contributed by atoms with Gasteiger partial charge in [0.05, 0.1) is 12.9 Å². The maximum Gasteiger partial charge on any atom is 0.168 e. The summed E-state index contributed by atoms with van der Waals surface area (Å²) in [4.78, 5) is 17.0. The molecule has 0 aromatic carbocycles. The number of aromatic nitrogens is 5. The van der Waals surface area contributed by atoms with Crippen LogP contribution in [0, 0.1) is 0 Å². The third kappa shape index (κ3) is 2.40. The normalized spacial score (nSPS) is 29.4. The molecule has 3 aromatic rings. The molecular weight excluding hydrogens is 326 g/mol. The third-order valence-electron chi connectivity index (χ3n) is 4.48. The van der Waals surface area contributed by atoms with E-state index in [-0.39, 0.29) is 0 Å². The van der Waals surface area contributed by atoms with Crippen LogP contribution in [0.1, 0.15) is 13.2 Å². The predicted molar refractivity (Wildman–Crippen MR) is 86.2 cm³/mol. The number of aliphatic hydroxyl groups is 3. The lowest BCUT2D eigenvalue weighted by molar-refractivity contribution is -0.0950. The fourth-order valence-corrected chi connectivity index (χ4v) is 3.13. The van der Waals surface area contributed by atoms with Gasteiger partial charge in [-0.3, -0.25) is 9.55 Å². The Kier molecular flexibility index (Phi) is 3.73. The Balaban J connectivity index is 1.83. The first-order chi connectivity index (χ1) is 12.0. The summed E-state index contributed by atoms with van der Waals surface area (Å²) in [6.45, 7) is 1.05. The van der Waals surface area contributed by atoms with E-state index in [1.165, 1.54) is 24.1 Å². The number of hydrogen-bond donors (Lipinski definition) is 3. The van der Waals surface area contributed by atoms with E-state index in [4.69, 9.17) is 4.74 Å². The zero-order chi connectivity index (χ0) is 17.6. The number of pyridine rings is 1. The van der Waals surface area contributed by atoms with Crippen LogP contribution in [-0.4, -0.2) is 64.2 Å². The van der Waals surface area contributed by atoms with Gasteiger partial charge in [-0.1, -0.05) is 0 Å². The van der Waals surface area contributed by atoms with E-state index in [0.717, 1.165) is 5.56 Å². The van der Waals surface area contributed by atoms with Gasteiger partial charge in [0.15, 0.2) is 11.9 Å². The van der Waals surface area contributed by atoms with Gasteiger partial charge in [-0.05, 0) is 19.1 Å². The molecule has 1 saturated heterocycles. The number of aliphatic hydroxyl groups excluding tert-OH is 2. The Hall–Kier alpha value is -2.46. The fraction of sp³-hybridized carbons (Fsp3) is 0.375. The van der Waals surface area contributed by atoms with Crippen molar-refractivity contribution in [1.29, 1.82) is 0 Å². The summed E-state index contributed by atoms with van der Waals surface area (Å²) >= 11 is 0. The van der Waals surface area contributed by atoms with E-state index in [1.54, 1.807) is 18.5 Å². The summed E-state index contributed by atoms with van der Waals surface area (Å²) < 4.78 is 7.17. The minimum atomic E-state index is -1.61. The molecule has 3 N–H and O–H groups in total. The average molecular weight is 343 g/mol. The van der Waals surface area contributed by atoms with Crippen LogP contribution in [0.3, 0.4) is 0 Å². The molecule has 9 nitrogen and oxygen atoms in total. The Labute approximate surface area is 142 Å². The van der Waals surface area contributed by atoms with E-state index < -0.39 is 30.6 Å². The Bertz CT molecular complexity index is 898. The zero-order valence-corrected chi connectivity index (χ0v) is 13.4. The van der Waals surface area contributed by atoms with E-state index in [1.807, 2.05) is 6.07 Å². The van der Waals surface area contributed by atoms with Crippen LogP contribution < -0.4 is 0 Å². The highest BCUT2D eigenvalue weighted by Gasteiger charge is 2.53. The summed E-state index contributed by atoms with van der Waals surface area (Å²) in [5, 5.41) is 30.2. The van der Waals surface area contributed by atoms with Gasteiger partial charge in [0.1, 0.15) is 35.3 Å². The molecule has 4 atom stereocenters. The van der Waals surface area contributed by atoms with Crippen molar-refractivity contribution in [1.82, 2.24) is 24.5 Å². The van der Waals surface area contributed by atoms with E-state index in [2.05, 4.69) is 19.9 Å². The number of ether oxygens (including phenoxy) is 1. The Morgan fingerprint density at radius 1 is 1.32 bits per heavy atom. The molecule has 1 fully saturated rings.